The maximum atomic E-state index is 12.3. The molecule has 0 saturated carbocycles. The van der Waals surface area contributed by atoms with Gasteiger partial charge in [0, 0.05) is 30.0 Å². The van der Waals surface area contributed by atoms with E-state index in [1.807, 2.05) is 6.07 Å². The molecule has 0 unspecified atom stereocenters. The molecule has 0 radical (unpaired) electrons. The van der Waals surface area contributed by atoms with E-state index in [2.05, 4.69) is 29.0 Å². The summed E-state index contributed by atoms with van der Waals surface area (Å²) in [4.78, 5) is 18.6. The third-order valence-electron chi connectivity index (χ3n) is 3.20. The van der Waals surface area contributed by atoms with Crippen molar-refractivity contribution in [3.8, 4) is 0 Å². The van der Waals surface area contributed by atoms with E-state index in [9.17, 15) is 4.79 Å². The van der Waals surface area contributed by atoms with E-state index < -0.39 is 0 Å². The number of pyridine rings is 1. The molecule has 0 bridgehead atoms. The summed E-state index contributed by atoms with van der Waals surface area (Å²) < 4.78 is 0. The molecule has 0 aliphatic heterocycles. The zero-order valence-corrected chi connectivity index (χ0v) is 12.9. The van der Waals surface area contributed by atoms with Crippen molar-refractivity contribution >= 4 is 28.9 Å². The lowest BCUT2D eigenvalue weighted by molar-refractivity contribution is 0.102. The molecule has 2 rings (SSSR count). The molecule has 0 aliphatic rings. The average molecular weight is 304 g/mol. The third kappa shape index (κ3) is 3.95. The van der Waals surface area contributed by atoms with E-state index in [4.69, 9.17) is 11.6 Å². The van der Waals surface area contributed by atoms with Crippen molar-refractivity contribution in [3.05, 3.63) is 53.3 Å². The second kappa shape index (κ2) is 7.09. The molecule has 1 aromatic carbocycles. The van der Waals surface area contributed by atoms with Crippen LogP contribution in [-0.4, -0.2) is 24.0 Å². The summed E-state index contributed by atoms with van der Waals surface area (Å²) in [6, 6.07) is 8.91. The average Bonchev–Trinajstić information content (AvgIpc) is 2.49. The normalized spacial score (nSPS) is 10.2. The van der Waals surface area contributed by atoms with Gasteiger partial charge in [-0.3, -0.25) is 9.78 Å². The van der Waals surface area contributed by atoms with Crippen molar-refractivity contribution in [3.63, 3.8) is 0 Å². The number of carbonyl (C=O) groups is 1. The molecule has 2 aromatic rings. The minimum Gasteiger partial charge on any atom is -0.371 e. The van der Waals surface area contributed by atoms with Crippen molar-refractivity contribution in [2.45, 2.75) is 13.8 Å². The van der Waals surface area contributed by atoms with E-state index in [1.165, 1.54) is 0 Å². The zero-order valence-electron chi connectivity index (χ0n) is 12.1. The first kappa shape index (κ1) is 15.3. The number of amides is 1. The topological polar surface area (TPSA) is 45.2 Å². The summed E-state index contributed by atoms with van der Waals surface area (Å²) in [5, 5.41) is 3.41. The third-order valence-corrected chi connectivity index (χ3v) is 3.43. The van der Waals surface area contributed by atoms with Gasteiger partial charge in [-0.05, 0) is 38.1 Å². The first-order valence-electron chi connectivity index (χ1n) is 6.91. The summed E-state index contributed by atoms with van der Waals surface area (Å²) in [7, 11) is 0. The Balaban J connectivity index is 2.18. The minimum absolute atomic E-state index is 0.196. The van der Waals surface area contributed by atoms with E-state index in [-0.39, 0.29) is 5.91 Å². The summed E-state index contributed by atoms with van der Waals surface area (Å²) >= 11 is 5.91. The molecule has 0 fully saturated rings. The van der Waals surface area contributed by atoms with Crippen LogP contribution in [0, 0.1) is 0 Å². The SMILES string of the molecule is CCN(CC)c1cncc(C(=O)Nc2cccc(Cl)c2)c1. The molecule has 5 heteroatoms. The highest BCUT2D eigenvalue weighted by Crippen LogP contribution is 2.18. The number of nitrogens with one attached hydrogen (secondary N) is 1. The molecule has 0 atom stereocenters. The maximum absolute atomic E-state index is 12.3. The number of hydrogen-bond acceptors (Lipinski definition) is 3. The van der Waals surface area contributed by atoms with Crippen LogP contribution in [0.15, 0.2) is 42.7 Å². The summed E-state index contributed by atoms with van der Waals surface area (Å²) in [5.41, 5.74) is 2.14. The standard InChI is InChI=1S/C16H18ClN3O/c1-3-20(4-2)15-8-12(10-18-11-15)16(21)19-14-7-5-6-13(17)9-14/h5-11H,3-4H2,1-2H3,(H,19,21). The molecular weight excluding hydrogens is 286 g/mol. The van der Waals surface area contributed by atoms with Crippen molar-refractivity contribution in [2.24, 2.45) is 0 Å². The van der Waals surface area contributed by atoms with Crippen LogP contribution in [0.25, 0.3) is 0 Å². The number of halogens is 1. The molecule has 0 spiro atoms. The van der Waals surface area contributed by atoms with Gasteiger partial charge in [0.1, 0.15) is 0 Å². The fourth-order valence-corrected chi connectivity index (χ4v) is 2.27. The number of nitrogens with zero attached hydrogens (tertiary/aromatic N) is 2. The van der Waals surface area contributed by atoms with Gasteiger partial charge < -0.3 is 10.2 Å². The highest BCUT2D eigenvalue weighted by atomic mass is 35.5. The molecule has 4 nitrogen and oxygen atoms in total. The van der Waals surface area contributed by atoms with E-state index >= 15 is 0 Å². The predicted molar refractivity (Wildman–Crippen MR) is 87.2 cm³/mol. The second-order valence-corrected chi connectivity index (χ2v) is 5.01. The molecule has 0 aliphatic carbocycles. The number of rotatable bonds is 5. The van der Waals surface area contributed by atoms with Gasteiger partial charge in [0.05, 0.1) is 17.4 Å². The molecule has 1 aromatic heterocycles. The van der Waals surface area contributed by atoms with Gasteiger partial charge in [0.2, 0.25) is 0 Å². The van der Waals surface area contributed by atoms with Crippen molar-refractivity contribution < 1.29 is 4.79 Å². The summed E-state index contributed by atoms with van der Waals surface area (Å²) in [6.45, 7) is 5.89. The van der Waals surface area contributed by atoms with Gasteiger partial charge in [0.25, 0.3) is 5.91 Å². The molecule has 1 amide bonds. The van der Waals surface area contributed by atoms with Crippen LogP contribution in [0.5, 0.6) is 0 Å². The Hall–Kier alpha value is -2.07. The Labute approximate surface area is 129 Å². The second-order valence-electron chi connectivity index (χ2n) is 4.57. The molecule has 110 valence electrons. The number of benzene rings is 1. The van der Waals surface area contributed by atoms with E-state index in [1.54, 1.807) is 36.7 Å². The number of anilines is 2. The van der Waals surface area contributed by atoms with Gasteiger partial charge in [0.15, 0.2) is 0 Å². The van der Waals surface area contributed by atoms with Crippen LogP contribution in [-0.2, 0) is 0 Å². The Morgan fingerprint density at radius 3 is 2.67 bits per heavy atom. The monoisotopic (exact) mass is 303 g/mol. The fourth-order valence-electron chi connectivity index (χ4n) is 2.08. The van der Waals surface area contributed by atoms with Gasteiger partial charge in [-0.2, -0.15) is 0 Å². The largest absolute Gasteiger partial charge is 0.371 e. The maximum Gasteiger partial charge on any atom is 0.257 e. The van der Waals surface area contributed by atoms with Crippen LogP contribution in [0.2, 0.25) is 5.02 Å². The summed E-state index contributed by atoms with van der Waals surface area (Å²) in [5.74, 6) is -0.196. The van der Waals surface area contributed by atoms with Crippen LogP contribution in [0.4, 0.5) is 11.4 Å². The number of carbonyl (C=O) groups excluding carboxylic acids is 1. The molecule has 0 saturated heterocycles. The van der Waals surface area contributed by atoms with Gasteiger partial charge in [-0.25, -0.2) is 0 Å². The number of hydrogen-bond donors (Lipinski definition) is 1. The molecule has 1 heterocycles. The Kier molecular flexibility index (Phi) is 5.17. The predicted octanol–water partition coefficient (Wildman–Crippen LogP) is 3.83. The molecule has 21 heavy (non-hydrogen) atoms. The lowest BCUT2D eigenvalue weighted by Crippen LogP contribution is -2.22. The Morgan fingerprint density at radius 1 is 1.24 bits per heavy atom. The Bertz CT molecular complexity index is 626. The minimum atomic E-state index is -0.196. The fraction of sp³-hybridized carbons (Fsp3) is 0.250. The number of aromatic nitrogens is 1. The lowest BCUT2D eigenvalue weighted by atomic mass is 10.2. The van der Waals surface area contributed by atoms with Gasteiger partial charge >= 0.3 is 0 Å². The zero-order chi connectivity index (χ0) is 15.2. The highest BCUT2D eigenvalue weighted by Gasteiger charge is 2.10. The first-order valence-corrected chi connectivity index (χ1v) is 7.28. The van der Waals surface area contributed by atoms with Crippen LogP contribution in [0.1, 0.15) is 24.2 Å². The van der Waals surface area contributed by atoms with Crippen molar-refractivity contribution in [2.75, 3.05) is 23.3 Å². The first-order chi connectivity index (χ1) is 10.1. The van der Waals surface area contributed by atoms with E-state index in [0.717, 1.165) is 18.8 Å². The quantitative estimate of drug-likeness (QED) is 0.913. The smallest absolute Gasteiger partial charge is 0.257 e. The summed E-state index contributed by atoms with van der Waals surface area (Å²) in [6.07, 6.45) is 3.33. The lowest BCUT2D eigenvalue weighted by Gasteiger charge is -2.20. The highest BCUT2D eigenvalue weighted by molar-refractivity contribution is 6.30. The van der Waals surface area contributed by atoms with Crippen molar-refractivity contribution in [1.82, 2.24) is 4.98 Å². The van der Waals surface area contributed by atoms with E-state index in [0.29, 0.717) is 16.3 Å². The van der Waals surface area contributed by atoms with Gasteiger partial charge in [-0.15, -0.1) is 0 Å². The Morgan fingerprint density at radius 2 is 2.00 bits per heavy atom. The molecule has 1 N–H and O–H groups in total. The van der Waals surface area contributed by atoms with Crippen LogP contribution >= 0.6 is 11.6 Å². The van der Waals surface area contributed by atoms with Crippen LogP contribution in [0.3, 0.4) is 0 Å². The van der Waals surface area contributed by atoms with Crippen molar-refractivity contribution in [1.29, 1.82) is 0 Å². The molecular formula is C16H18ClN3O. The van der Waals surface area contributed by atoms with Gasteiger partial charge in [-0.1, -0.05) is 17.7 Å². The van der Waals surface area contributed by atoms with Crippen LogP contribution < -0.4 is 10.2 Å².